The van der Waals surface area contributed by atoms with Gasteiger partial charge >= 0.3 is 0 Å². The quantitative estimate of drug-likeness (QED) is 0.330. The third-order valence-electron chi connectivity index (χ3n) is 7.50. The molecule has 0 heterocycles. The maximum atomic E-state index is 13.8. The molecule has 2 amide bonds. The Morgan fingerprint density at radius 1 is 0.846 bits per heavy atom. The molecule has 3 aromatic rings. The number of hydrogen-bond acceptors (Lipinski definition) is 3. The van der Waals surface area contributed by atoms with Crippen molar-refractivity contribution in [3.63, 3.8) is 0 Å². The number of hydrogen-bond donors (Lipinski definition) is 1. The van der Waals surface area contributed by atoms with E-state index < -0.39 is 6.04 Å². The van der Waals surface area contributed by atoms with E-state index in [9.17, 15) is 9.59 Å². The lowest BCUT2D eigenvalue weighted by atomic mass is 9.87. The molecule has 4 rings (SSSR count). The van der Waals surface area contributed by atoms with Crippen LogP contribution in [0.15, 0.2) is 84.9 Å². The minimum Gasteiger partial charge on any atom is -0.484 e. The van der Waals surface area contributed by atoms with Crippen LogP contribution in [0.5, 0.6) is 5.75 Å². The van der Waals surface area contributed by atoms with E-state index in [4.69, 9.17) is 4.74 Å². The Balaban J connectivity index is 1.56. The number of nitrogens with zero attached hydrogens (tertiary/aromatic N) is 1. The average Bonchev–Trinajstić information content (AvgIpc) is 2.95. The van der Waals surface area contributed by atoms with E-state index in [2.05, 4.69) is 26.1 Å². The second kappa shape index (κ2) is 13.5. The van der Waals surface area contributed by atoms with Crippen molar-refractivity contribution in [3.8, 4) is 5.75 Å². The van der Waals surface area contributed by atoms with Crippen LogP contribution < -0.4 is 10.1 Å². The molecule has 1 fully saturated rings. The van der Waals surface area contributed by atoms with Gasteiger partial charge in [0.1, 0.15) is 11.8 Å². The topological polar surface area (TPSA) is 58.6 Å². The van der Waals surface area contributed by atoms with E-state index in [1.807, 2.05) is 84.9 Å². The van der Waals surface area contributed by atoms with Crippen LogP contribution in [0.25, 0.3) is 0 Å². The van der Waals surface area contributed by atoms with Gasteiger partial charge in [-0.05, 0) is 47.1 Å². The van der Waals surface area contributed by atoms with E-state index in [1.165, 1.54) is 12.0 Å². The van der Waals surface area contributed by atoms with Gasteiger partial charge in [0.05, 0.1) is 0 Å². The Hall–Kier alpha value is -3.60. The van der Waals surface area contributed by atoms with Gasteiger partial charge < -0.3 is 15.0 Å². The lowest BCUT2D eigenvalue weighted by Crippen LogP contribution is -2.53. The van der Waals surface area contributed by atoms with E-state index in [1.54, 1.807) is 4.90 Å². The Bertz CT molecular complexity index is 1180. The average molecular weight is 527 g/mol. The third kappa shape index (κ3) is 8.44. The number of carbonyl (C=O) groups is 2. The van der Waals surface area contributed by atoms with Gasteiger partial charge in [0.15, 0.2) is 6.61 Å². The zero-order valence-electron chi connectivity index (χ0n) is 23.6. The van der Waals surface area contributed by atoms with Crippen molar-refractivity contribution in [2.45, 2.75) is 83.3 Å². The van der Waals surface area contributed by atoms with Gasteiger partial charge in [0.2, 0.25) is 5.91 Å². The second-order valence-corrected chi connectivity index (χ2v) is 11.6. The first-order chi connectivity index (χ1) is 18.8. The minimum atomic E-state index is -0.645. The zero-order valence-corrected chi connectivity index (χ0v) is 23.6. The summed E-state index contributed by atoms with van der Waals surface area (Å²) in [6, 6.07) is 27.2. The second-order valence-electron chi connectivity index (χ2n) is 11.6. The number of rotatable bonds is 10. The van der Waals surface area contributed by atoms with E-state index >= 15 is 0 Å². The fourth-order valence-corrected chi connectivity index (χ4v) is 5.16. The van der Waals surface area contributed by atoms with Crippen molar-refractivity contribution in [2.24, 2.45) is 0 Å². The van der Waals surface area contributed by atoms with Crippen molar-refractivity contribution < 1.29 is 14.3 Å². The molecule has 0 spiro atoms. The molecule has 206 valence electrons. The number of nitrogens with one attached hydrogen (secondary N) is 1. The molecule has 1 N–H and O–H groups in total. The predicted molar refractivity (Wildman–Crippen MR) is 157 cm³/mol. The van der Waals surface area contributed by atoms with E-state index in [-0.39, 0.29) is 29.9 Å². The molecule has 0 aliphatic heterocycles. The molecule has 5 heteroatoms. The van der Waals surface area contributed by atoms with Crippen molar-refractivity contribution in [3.05, 3.63) is 102 Å². The Kier molecular flexibility index (Phi) is 9.80. The number of benzene rings is 3. The van der Waals surface area contributed by atoms with Crippen LogP contribution in [-0.4, -0.2) is 35.4 Å². The maximum Gasteiger partial charge on any atom is 0.261 e. The van der Waals surface area contributed by atoms with Gasteiger partial charge in [-0.3, -0.25) is 9.59 Å². The van der Waals surface area contributed by atoms with Crippen molar-refractivity contribution in [1.29, 1.82) is 0 Å². The minimum absolute atomic E-state index is 0.0389. The van der Waals surface area contributed by atoms with Crippen LogP contribution in [0.2, 0.25) is 0 Å². The molecule has 0 aromatic heterocycles. The normalized spacial score (nSPS) is 14.8. The lowest BCUT2D eigenvalue weighted by molar-refractivity contribution is -0.143. The molecular formula is C34H42N2O3. The summed E-state index contributed by atoms with van der Waals surface area (Å²) in [5, 5.41) is 3.28. The largest absolute Gasteiger partial charge is 0.484 e. The highest BCUT2D eigenvalue weighted by molar-refractivity contribution is 5.88. The van der Waals surface area contributed by atoms with Crippen LogP contribution in [0, 0.1) is 0 Å². The molecule has 39 heavy (non-hydrogen) atoms. The standard InChI is InChI=1S/C34H42N2O3/c1-34(2,3)28-19-21-30(22-20-28)39-25-32(37)36(24-27-15-9-5-10-16-27)31(23-26-13-7-4-8-14-26)33(38)35-29-17-11-6-12-18-29/h4-5,7-10,13-16,19-22,29,31H,6,11-12,17-18,23-25H2,1-3H3,(H,35,38). The summed E-state index contributed by atoms with van der Waals surface area (Å²) in [4.78, 5) is 29.3. The van der Waals surface area contributed by atoms with Crippen LogP contribution in [0.4, 0.5) is 0 Å². The summed E-state index contributed by atoms with van der Waals surface area (Å²) < 4.78 is 5.96. The predicted octanol–water partition coefficient (Wildman–Crippen LogP) is 6.45. The molecule has 1 aliphatic rings. The van der Waals surface area contributed by atoms with Gasteiger partial charge in [-0.25, -0.2) is 0 Å². The number of carbonyl (C=O) groups excluding carboxylic acids is 2. The van der Waals surface area contributed by atoms with Gasteiger partial charge in [0, 0.05) is 19.0 Å². The molecule has 1 saturated carbocycles. The summed E-state index contributed by atoms with van der Waals surface area (Å²) in [6.45, 7) is 6.70. The molecule has 3 aromatic carbocycles. The van der Waals surface area contributed by atoms with Gasteiger partial charge in [0.25, 0.3) is 5.91 Å². The summed E-state index contributed by atoms with van der Waals surface area (Å²) in [6.07, 6.45) is 5.89. The first-order valence-corrected chi connectivity index (χ1v) is 14.2. The van der Waals surface area contributed by atoms with Crippen LogP contribution in [0.3, 0.4) is 0 Å². The Morgan fingerprint density at radius 2 is 1.44 bits per heavy atom. The van der Waals surface area contributed by atoms with Crippen molar-refractivity contribution >= 4 is 11.8 Å². The first kappa shape index (κ1) is 28.4. The third-order valence-corrected chi connectivity index (χ3v) is 7.50. The smallest absolute Gasteiger partial charge is 0.261 e. The van der Waals surface area contributed by atoms with Gasteiger partial charge in [-0.1, -0.05) is 113 Å². The van der Waals surface area contributed by atoms with Crippen molar-refractivity contribution in [2.75, 3.05) is 6.61 Å². The summed E-state index contributed by atoms with van der Waals surface area (Å²) >= 11 is 0. The fraction of sp³-hybridized carbons (Fsp3) is 0.412. The number of amides is 2. The summed E-state index contributed by atoms with van der Waals surface area (Å²) in [5.74, 6) is 0.338. The van der Waals surface area contributed by atoms with E-state index in [0.29, 0.717) is 18.7 Å². The highest BCUT2D eigenvalue weighted by Crippen LogP contribution is 2.25. The molecule has 0 saturated heterocycles. The molecule has 1 aliphatic carbocycles. The molecule has 1 unspecified atom stereocenters. The van der Waals surface area contributed by atoms with Crippen LogP contribution in [0.1, 0.15) is 69.6 Å². The summed E-state index contributed by atoms with van der Waals surface area (Å²) in [5.41, 5.74) is 3.24. The molecular weight excluding hydrogens is 484 g/mol. The molecule has 1 atom stereocenters. The highest BCUT2D eigenvalue weighted by Gasteiger charge is 2.32. The van der Waals surface area contributed by atoms with Crippen LogP contribution in [-0.2, 0) is 28.0 Å². The van der Waals surface area contributed by atoms with Crippen molar-refractivity contribution in [1.82, 2.24) is 10.2 Å². The molecule has 5 nitrogen and oxygen atoms in total. The van der Waals surface area contributed by atoms with Crippen LogP contribution >= 0.6 is 0 Å². The fourth-order valence-electron chi connectivity index (χ4n) is 5.16. The SMILES string of the molecule is CC(C)(C)c1ccc(OCC(=O)N(Cc2ccccc2)C(Cc2ccccc2)C(=O)NC2CCCCC2)cc1. The number of ether oxygens (including phenoxy) is 1. The molecule has 0 radical (unpaired) electrons. The lowest BCUT2D eigenvalue weighted by Gasteiger charge is -2.33. The van der Waals surface area contributed by atoms with Gasteiger partial charge in [-0.2, -0.15) is 0 Å². The Morgan fingerprint density at radius 3 is 2.03 bits per heavy atom. The summed E-state index contributed by atoms with van der Waals surface area (Å²) in [7, 11) is 0. The Labute approximate surface area is 233 Å². The monoisotopic (exact) mass is 526 g/mol. The zero-order chi connectivity index (χ0) is 27.7. The molecule has 0 bridgehead atoms. The maximum absolute atomic E-state index is 13.8. The highest BCUT2D eigenvalue weighted by atomic mass is 16.5. The first-order valence-electron chi connectivity index (χ1n) is 14.2. The van der Waals surface area contributed by atoms with Gasteiger partial charge in [-0.15, -0.1) is 0 Å². The van der Waals surface area contributed by atoms with E-state index in [0.717, 1.165) is 36.8 Å².